The van der Waals surface area contributed by atoms with Gasteiger partial charge in [0.25, 0.3) is 0 Å². The molecule has 0 unspecified atom stereocenters. The minimum absolute atomic E-state index is 0.0585. The lowest BCUT2D eigenvalue weighted by Gasteiger charge is -2.27. The number of ether oxygens (including phenoxy) is 1. The Morgan fingerprint density at radius 1 is 1.27 bits per heavy atom. The first-order chi connectivity index (χ1) is 12.6. The molecule has 0 aliphatic carbocycles. The van der Waals surface area contributed by atoms with Gasteiger partial charge in [-0.3, -0.25) is 9.69 Å². The Morgan fingerprint density at radius 3 is 2.81 bits per heavy atom. The lowest BCUT2D eigenvalue weighted by Crippen LogP contribution is -2.25. The smallest absolute Gasteiger partial charge is 0.221 e. The van der Waals surface area contributed by atoms with Gasteiger partial charge in [-0.1, -0.05) is 12.1 Å². The Kier molecular flexibility index (Phi) is 4.36. The van der Waals surface area contributed by atoms with E-state index >= 15 is 0 Å². The Bertz CT molecular complexity index is 870. The Balaban J connectivity index is 1.46. The molecular formula is C21H21N3O2. The van der Waals surface area contributed by atoms with Crippen LogP contribution in [0.5, 0.6) is 5.75 Å². The fraction of sp³-hybridized carbons (Fsp3) is 0.333. The van der Waals surface area contributed by atoms with Gasteiger partial charge in [-0.2, -0.15) is 5.26 Å². The summed E-state index contributed by atoms with van der Waals surface area (Å²) in [5, 5.41) is 12.0. The zero-order valence-corrected chi connectivity index (χ0v) is 14.7. The number of nitrogens with one attached hydrogen (secondary N) is 1. The van der Waals surface area contributed by atoms with Crippen LogP contribution >= 0.6 is 0 Å². The summed E-state index contributed by atoms with van der Waals surface area (Å²) in [4.78, 5) is 13.6. The van der Waals surface area contributed by atoms with E-state index in [0.29, 0.717) is 17.4 Å². The van der Waals surface area contributed by atoms with E-state index in [0.717, 1.165) is 37.7 Å². The van der Waals surface area contributed by atoms with Crippen LogP contribution in [0.25, 0.3) is 0 Å². The molecule has 4 rings (SSSR count). The van der Waals surface area contributed by atoms with E-state index in [-0.39, 0.29) is 5.91 Å². The number of amides is 1. The van der Waals surface area contributed by atoms with E-state index in [9.17, 15) is 10.1 Å². The third kappa shape index (κ3) is 3.29. The van der Waals surface area contributed by atoms with Crippen molar-refractivity contribution in [1.82, 2.24) is 4.90 Å². The second-order valence-corrected chi connectivity index (χ2v) is 7.11. The summed E-state index contributed by atoms with van der Waals surface area (Å²) >= 11 is 0. The van der Waals surface area contributed by atoms with Crippen molar-refractivity contribution < 1.29 is 9.53 Å². The van der Waals surface area contributed by atoms with Crippen LogP contribution in [0.1, 0.15) is 29.5 Å². The molecule has 1 saturated heterocycles. The molecule has 0 aromatic heterocycles. The fourth-order valence-corrected chi connectivity index (χ4v) is 4.00. The zero-order valence-electron chi connectivity index (χ0n) is 14.7. The molecule has 0 spiro atoms. The minimum atomic E-state index is -0.0585. The highest BCUT2D eigenvalue weighted by atomic mass is 16.5. The highest BCUT2D eigenvalue weighted by Gasteiger charge is 2.38. The van der Waals surface area contributed by atoms with E-state index in [1.807, 2.05) is 30.3 Å². The van der Waals surface area contributed by atoms with Crippen molar-refractivity contribution in [1.29, 1.82) is 5.26 Å². The van der Waals surface area contributed by atoms with Gasteiger partial charge in [-0.15, -0.1) is 0 Å². The molecule has 0 saturated carbocycles. The van der Waals surface area contributed by atoms with Crippen LogP contribution in [0.4, 0.5) is 5.69 Å². The maximum Gasteiger partial charge on any atom is 0.221 e. The van der Waals surface area contributed by atoms with E-state index in [4.69, 9.17) is 4.74 Å². The number of fused-ring (bicyclic) bond motifs is 3. The molecule has 2 heterocycles. The predicted molar refractivity (Wildman–Crippen MR) is 98.9 cm³/mol. The molecule has 26 heavy (non-hydrogen) atoms. The Morgan fingerprint density at radius 2 is 2.08 bits per heavy atom. The first-order valence-electron chi connectivity index (χ1n) is 8.88. The zero-order chi connectivity index (χ0) is 18.1. The number of anilines is 1. The normalized spacial score (nSPS) is 21.2. The quantitative estimate of drug-likeness (QED) is 0.926. The van der Waals surface area contributed by atoms with Crippen LogP contribution in [0, 0.1) is 17.2 Å². The first kappa shape index (κ1) is 16.6. The predicted octanol–water partition coefficient (Wildman–Crippen LogP) is 3.12. The SMILES string of the molecule is CC(=O)Nc1ccc(CN2C[C@@H]3COc4ccc(C#N)cc4[C@H]3C2)cc1. The molecule has 0 bridgehead atoms. The van der Waals surface area contributed by atoms with Crippen LogP contribution in [-0.2, 0) is 11.3 Å². The number of likely N-dealkylation sites (tertiary alicyclic amines) is 1. The summed E-state index contributed by atoms with van der Waals surface area (Å²) in [7, 11) is 0. The van der Waals surface area contributed by atoms with Crippen molar-refractivity contribution in [3.8, 4) is 11.8 Å². The van der Waals surface area contributed by atoms with Crippen LogP contribution in [0.15, 0.2) is 42.5 Å². The van der Waals surface area contributed by atoms with Gasteiger partial charge in [0, 0.05) is 49.6 Å². The number of rotatable bonds is 3. The van der Waals surface area contributed by atoms with Gasteiger partial charge < -0.3 is 10.1 Å². The van der Waals surface area contributed by atoms with Crippen molar-refractivity contribution in [2.45, 2.75) is 19.4 Å². The molecule has 2 aromatic rings. The number of carbonyl (C=O) groups is 1. The van der Waals surface area contributed by atoms with Crippen molar-refractivity contribution in [3.05, 3.63) is 59.2 Å². The maximum absolute atomic E-state index is 11.1. The van der Waals surface area contributed by atoms with E-state index in [2.05, 4.69) is 28.4 Å². The average molecular weight is 347 g/mol. The summed E-state index contributed by atoms with van der Waals surface area (Å²) < 4.78 is 5.91. The third-order valence-electron chi connectivity index (χ3n) is 5.19. The van der Waals surface area contributed by atoms with Gasteiger partial charge in [0.2, 0.25) is 5.91 Å². The van der Waals surface area contributed by atoms with Crippen LogP contribution in [-0.4, -0.2) is 30.5 Å². The Labute approximate surface area is 153 Å². The third-order valence-corrected chi connectivity index (χ3v) is 5.19. The Hall–Kier alpha value is -2.84. The summed E-state index contributed by atoms with van der Waals surface area (Å²) in [5.74, 6) is 1.75. The van der Waals surface area contributed by atoms with Crippen molar-refractivity contribution in [3.63, 3.8) is 0 Å². The number of carbonyl (C=O) groups excluding carboxylic acids is 1. The van der Waals surface area contributed by atoms with Crippen molar-refractivity contribution >= 4 is 11.6 Å². The number of hydrogen-bond donors (Lipinski definition) is 1. The summed E-state index contributed by atoms with van der Waals surface area (Å²) in [6.07, 6.45) is 0. The number of benzene rings is 2. The number of nitrogens with zero attached hydrogens (tertiary/aromatic N) is 2. The minimum Gasteiger partial charge on any atom is -0.493 e. The molecule has 2 aliphatic rings. The molecule has 0 radical (unpaired) electrons. The molecule has 1 fully saturated rings. The molecule has 2 aromatic carbocycles. The van der Waals surface area contributed by atoms with Gasteiger partial charge >= 0.3 is 0 Å². The highest BCUT2D eigenvalue weighted by Crippen LogP contribution is 2.42. The number of nitriles is 1. The standard InChI is InChI=1S/C21H21N3O2/c1-14(25)23-18-5-2-15(3-6-18)10-24-11-17-13-26-21-7-4-16(9-22)8-19(21)20(17)12-24/h2-8,17,20H,10-13H2,1H3,(H,23,25)/t17-,20+/m1/s1. The topological polar surface area (TPSA) is 65.4 Å². The lowest BCUT2D eigenvalue weighted by molar-refractivity contribution is -0.114. The average Bonchev–Trinajstić information content (AvgIpc) is 3.05. The van der Waals surface area contributed by atoms with Gasteiger partial charge in [0.1, 0.15) is 5.75 Å². The molecule has 2 aliphatic heterocycles. The summed E-state index contributed by atoms with van der Waals surface area (Å²) in [6.45, 7) is 5.09. The highest BCUT2D eigenvalue weighted by molar-refractivity contribution is 5.88. The first-order valence-corrected chi connectivity index (χ1v) is 8.88. The summed E-state index contributed by atoms with van der Waals surface area (Å²) in [6, 6.07) is 16.0. The molecule has 5 heteroatoms. The molecule has 2 atom stereocenters. The van der Waals surface area contributed by atoms with E-state index < -0.39 is 0 Å². The van der Waals surface area contributed by atoms with E-state index in [1.54, 1.807) is 0 Å². The van der Waals surface area contributed by atoms with Gasteiger partial charge in [0.05, 0.1) is 18.2 Å². The molecule has 1 amide bonds. The number of hydrogen-bond acceptors (Lipinski definition) is 4. The molecule has 5 nitrogen and oxygen atoms in total. The molecule has 132 valence electrons. The van der Waals surface area contributed by atoms with Crippen LogP contribution < -0.4 is 10.1 Å². The largest absolute Gasteiger partial charge is 0.493 e. The maximum atomic E-state index is 11.1. The van der Waals surface area contributed by atoms with Gasteiger partial charge in [-0.25, -0.2) is 0 Å². The van der Waals surface area contributed by atoms with Crippen molar-refractivity contribution in [2.24, 2.45) is 5.92 Å². The molecular weight excluding hydrogens is 326 g/mol. The monoisotopic (exact) mass is 347 g/mol. The second-order valence-electron chi connectivity index (χ2n) is 7.11. The fourth-order valence-electron chi connectivity index (χ4n) is 4.00. The van der Waals surface area contributed by atoms with Crippen LogP contribution in [0.3, 0.4) is 0 Å². The molecule has 1 N–H and O–H groups in total. The lowest BCUT2D eigenvalue weighted by atomic mass is 9.86. The summed E-state index contributed by atoms with van der Waals surface area (Å²) in [5.41, 5.74) is 3.91. The van der Waals surface area contributed by atoms with Gasteiger partial charge in [-0.05, 0) is 35.9 Å². The van der Waals surface area contributed by atoms with E-state index in [1.165, 1.54) is 18.1 Å². The van der Waals surface area contributed by atoms with Crippen LogP contribution in [0.2, 0.25) is 0 Å². The second kappa shape index (κ2) is 6.81. The van der Waals surface area contributed by atoms with Gasteiger partial charge in [0.15, 0.2) is 0 Å². The van der Waals surface area contributed by atoms with Crippen molar-refractivity contribution in [2.75, 3.05) is 25.0 Å².